The van der Waals surface area contributed by atoms with Gasteiger partial charge in [-0.25, -0.2) is 14.4 Å². The first-order valence-corrected chi connectivity index (χ1v) is 25.4. The van der Waals surface area contributed by atoms with Gasteiger partial charge in [0.1, 0.15) is 37.4 Å². The summed E-state index contributed by atoms with van der Waals surface area (Å²) in [6.45, 7) is 4.69. The maximum Gasteiger partial charge on any atom is 0.408 e. The number of carbonyl (C=O) groups excluding carboxylic acids is 8. The lowest BCUT2D eigenvalue weighted by atomic mass is 10.0. The fourth-order valence-electron chi connectivity index (χ4n) is 8.01. The number of carbonyl (C=O) groups is 8. The minimum atomic E-state index is -1.01. The summed E-state index contributed by atoms with van der Waals surface area (Å²) in [5.74, 6) is -2.87. The van der Waals surface area contributed by atoms with Crippen molar-refractivity contribution >= 4 is 59.1 Å². The Hall–Kier alpha value is -7.06. The summed E-state index contributed by atoms with van der Waals surface area (Å²) >= 11 is 0. The van der Waals surface area contributed by atoms with Crippen molar-refractivity contribution < 1.29 is 52.7 Å². The molecule has 0 aliphatic carbocycles. The zero-order valence-electron chi connectivity index (χ0n) is 42.2. The summed E-state index contributed by atoms with van der Waals surface area (Å²) < 4.78 is 10.8. The lowest BCUT2D eigenvalue weighted by Crippen LogP contribution is -2.53. The highest BCUT2D eigenvalue weighted by Crippen LogP contribution is 2.22. The van der Waals surface area contributed by atoms with Gasteiger partial charge in [0.05, 0.1) is 0 Å². The largest absolute Gasteiger partial charge is 0.445 e. The van der Waals surface area contributed by atoms with Crippen LogP contribution in [0.4, 0.5) is 21.0 Å². The number of benzene rings is 3. The van der Waals surface area contributed by atoms with E-state index in [9.17, 15) is 38.4 Å². The molecule has 398 valence electrons. The third kappa shape index (κ3) is 22.5. The number of hydrogen-bond donors (Lipinski definition) is 8. The Labute approximate surface area is 428 Å². The molecule has 1 aliphatic rings. The van der Waals surface area contributed by atoms with Crippen molar-refractivity contribution in [2.75, 3.05) is 30.3 Å². The molecule has 73 heavy (non-hydrogen) atoms. The van der Waals surface area contributed by atoms with E-state index in [1.54, 1.807) is 24.3 Å². The average molecular weight is 1010 g/mol. The van der Waals surface area contributed by atoms with Crippen molar-refractivity contribution in [3.8, 4) is 0 Å². The molecule has 0 spiro atoms. The topological polar surface area (TPSA) is 292 Å². The van der Waals surface area contributed by atoms with Crippen LogP contribution in [0, 0.1) is 5.92 Å². The summed E-state index contributed by atoms with van der Waals surface area (Å²) in [5, 5.41) is 13.8. The third-order valence-corrected chi connectivity index (χ3v) is 11.9. The van der Waals surface area contributed by atoms with Gasteiger partial charge in [-0.15, -0.1) is 0 Å². The van der Waals surface area contributed by atoms with Crippen LogP contribution in [0.2, 0.25) is 0 Å². The predicted octanol–water partition coefficient (Wildman–Crippen LogP) is 5.85. The number of anilines is 2. The van der Waals surface area contributed by atoms with Crippen LogP contribution in [0.15, 0.2) is 84.9 Å². The van der Waals surface area contributed by atoms with Gasteiger partial charge >= 0.3 is 18.2 Å². The van der Waals surface area contributed by atoms with Crippen LogP contribution in [0.25, 0.3) is 0 Å². The summed E-state index contributed by atoms with van der Waals surface area (Å²) in [5.41, 5.74) is 16.1. The van der Waals surface area contributed by atoms with Gasteiger partial charge in [-0.2, -0.15) is 5.48 Å². The van der Waals surface area contributed by atoms with Crippen molar-refractivity contribution in [1.82, 2.24) is 26.3 Å². The molecular weight excluding hydrogens is 939 g/mol. The number of alkyl carbamates (subject to hydrolysis) is 2. The maximum atomic E-state index is 13.9. The van der Waals surface area contributed by atoms with E-state index in [4.69, 9.17) is 25.8 Å². The lowest BCUT2D eigenvalue weighted by Gasteiger charge is -2.28. The summed E-state index contributed by atoms with van der Waals surface area (Å²) in [6, 6.07) is 20.9. The molecule has 0 unspecified atom stereocenters. The van der Waals surface area contributed by atoms with E-state index in [0.717, 1.165) is 17.7 Å². The Bertz CT molecular complexity index is 2200. The van der Waals surface area contributed by atoms with E-state index in [-0.39, 0.29) is 57.3 Å². The van der Waals surface area contributed by atoms with Gasteiger partial charge in [-0.3, -0.25) is 24.0 Å². The number of rotatable bonds is 30. The normalized spacial score (nSPS) is 14.2. The number of para-hydroxylation sites is 1. The molecule has 3 aromatic rings. The van der Waals surface area contributed by atoms with Crippen molar-refractivity contribution in [3.63, 3.8) is 0 Å². The number of hydrogen-bond acceptors (Lipinski definition) is 13. The van der Waals surface area contributed by atoms with Crippen LogP contribution in [0.5, 0.6) is 0 Å². The third-order valence-electron chi connectivity index (χ3n) is 11.9. The Balaban J connectivity index is 1.23. The standard InChI is InChI=1S/C53H75N9O11/c1-37(2)34-44(50(67)62-33-17-24-45(62)51(68)73-61-47(64)26-12-4-3-11-25-46(63)56-40-20-9-6-10-21-40)60-53(70)72-36-39-27-29-41(30-28-39)57-48(65)42(22-13-15-31-54)58-49(66)43(23-14-16-32-55)59-52(69)71-35-38-18-7-5-8-19-38/h5-10,18-21,27-30,37,42-45H,3-4,11-17,22-26,31-36,54-55H2,1-2H3,(H,56,63)(H,57,65)(H,58,66)(H,59,69)(H,60,70)(H,61,64)/t42-,43-,44-,45-/m0/s1. The summed E-state index contributed by atoms with van der Waals surface area (Å²) in [4.78, 5) is 111. The first-order valence-electron chi connectivity index (χ1n) is 25.4. The molecule has 1 heterocycles. The van der Waals surface area contributed by atoms with Gasteiger partial charge in [0.15, 0.2) is 0 Å². The molecule has 0 radical (unpaired) electrons. The summed E-state index contributed by atoms with van der Waals surface area (Å²) in [7, 11) is 0. The molecule has 1 fully saturated rings. The predicted molar refractivity (Wildman–Crippen MR) is 275 cm³/mol. The highest BCUT2D eigenvalue weighted by Gasteiger charge is 2.39. The second-order valence-corrected chi connectivity index (χ2v) is 18.4. The van der Waals surface area contributed by atoms with Gasteiger partial charge in [0, 0.05) is 30.8 Å². The molecule has 1 aliphatic heterocycles. The number of nitrogens with two attached hydrogens (primary N) is 2. The fourth-order valence-corrected chi connectivity index (χ4v) is 8.01. The molecule has 10 N–H and O–H groups in total. The average Bonchev–Trinajstić information content (AvgIpc) is 3.88. The molecular formula is C53H75N9O11. The van der Waals surface area contributed by atoms with Crippen molar-refractivity contribution in [2.24, 2.45) is 17.4 Å². The molecule has 0 saturated carbocycles. The quantitative estimate of drug-likeness (QED) is 0.0221. The van der Waals surface area contributed by atoms with Crippen LogP contribution in [-0.2, 0) is 56.3 Å². The number of nitrogens with zero attached hydrogens (tertiary/aromatic N) is 1. The smallest absolute Gasteiger partial charge is 0.408 e. The Morgan fingerprint density at radius 2 is 1.12 bits per heavy atom. The number of ether oxygens (including phenoxy) is 2. The zero-order valence-corrected chi connectivity index (χ0v) is 42.2. The van der Waals surface area contributed by atoms with Crippen molar-refractivity contribution in [3.05, 3.63) is 96.1 Å². The van der Waals surface area contributed by atoms with E-state index < -0.39 is 66.0 Å². The number of nitrogens with one attached hydrogen (secondary N) is 6. The monoisotopic (exact) mass is 1010 g/mol. The Kier molecular flexibility index (Phi) is 26.3. The Morgan fingerprint density at radius 1 is 0.589 bits per heavy atom. The minimum absolute atomic E-state index is 0.0160. The number of hydroxylamine groups is 1. The Morgan fingerprint density at radius 3 is 1.71 bits per heavy atom. The fraction of sp³-hybridized carbons (Fsp3) is 0.509. The van der Waals surface area contributed by atoms with E-state index in [2.05, 4.69) is 32.1 Å². The second kappa shape index (κ2) is 32.8. The molecule has 4 rings (SSSR count). The number of unbranched alkanes of at least 4 members (excludes halogenated alkanes) is 5. The van der Waals surface area contributed by atoms with Gasteiger partial charge < -0.3 is 57.3 Å². The molecule has 4 atom stereocenters. The van der Waals surface area contributed by atoms with E-state index in [0.29, 0.717) is 88.5 Å². The molecule has 20 heteroatoms. The van der Waals surface area contributed by atoms with Gasteiger partial charge in [0.25, 0.3) is 5.91 Å². The molecule has 7 amide bonds. The van der Waals surface area contributed by atoms with Gasteiger partial charge in [-0.1, -0.05) is 87.4 Å². The van der Waals surface area contributed by atoms with Crippen LogP contribution in [0.3, 0.4) is 0 Å². The first kappa shape index (κ1) is 58.5. The van der Waals surface area contributed by atoms with Crippen LogP contribution in [-0.4, -0.2) is 96.4 Å². The van der Waals surface area contributed by atoms with Crippen molar-refractivity contribution in [1.29, 1.82) is 0 Å². The molecule has 0 bridgehead atoms. The highest BCUT2D eigenvalue weighted by atomic mass is 16.7. The van der Waals surface area contributed by atoms with E-state index in [1.165, 1.54) is 4.90 Å². The maximum absolute atomic E-state index is 13.9. The zero-order chi connectivity index (χ0) is 52.8. The van der Waals surface area contributed by atoms with Crippen LogP contribution < -0.4 is 43.5 Å². The molecule has 1 saturated heterocycles. The van der Waals surface area contributed by atoms with E-state index >= 15 is 0 Å². The van der Waals surface area contributed by atoms with Gasteiger partial charge in [0.2, 0.25) is 23.6 Å². The summed E-state index contributed by atoms with van der Waals surface area (Å²) in [6.07, 6.45) is 5.53. The number of likely N-dealkylation sites (tertiary alicyclic amines) is 1. The molecule has 20 nitrogen and oxygen atoms in total. The van der Waals surface area contributed by atoms with Gasteiger partial charge in [-0.05, 0) is 125 Å². The van der Waals surface area contributed by atoms with E-state index in [1.807, 2.05) is 74.5 Å². The van der Waals surface area contributed by atoms with Crippen LogP contribution >= 0.6 is 0 Å². The SMILES string of the molecule is CC(C)C[C@H](NC(=O)OCc1ccc(NC(=O)[C@H](CCCCN)NC(=O)[C@H](CCCCN)NC(=O)OCc2ccccc2)cc1)C(=O)N1CCC[C@H]1C(=O)ONC(=O)CCCCCCC(=O)Nc1ccccc1. The minimum Gasteiger partial charge on any atom is -0.445 e. The second-order valence-electron chi connectivity index (χ2n) is 18.4. The highest BCUT2D eigenvalue weighted by molar-refractivity contribution is 5.98. The van der Waals surface area contributed by atoms with Crippen molar-refractivity contribution in [2.45, 2.75) is 148 Å². The van der Waals surface area contributed by atoms with Crippen LogP contribution in [0.1, 0.15) is 121 Å². The first-order chi connectivity index (χ1) is 35.3. The lowest BCUT2D eigenvalue weighted by molar-refractivity contribution is -0.164. The molecule has 0 aromatic heterocycles. The number of amides is 7. The molecule has 3 aromatic carbocycles.